The van der Waals surface area contributed by atoms with Crippen molar-refractivity contribution in [3.8, 4) is 0 Å². The Morgan fingerprint density at radius 3 is 2.48 bits per heavy atom. The number of methoxy groups -OCH3 is 1. The van der Waals surface area contributed by atoms with Crippen LogP contribution >= 0.6 is 23.4 Å². The summed E-state index contributed by atoms with van der Waals surface area (Å²) < 4.78 is 9.24. The summed E-state index contributed by atoms with van der Waals surface area (Å²) in [6, 6.07) is 10.7. The highest BCUT2D eigenvalue weighted by Gasteiger charge is 2.20. The number of rotatable bonds is 6. The van der Waals surface area contributed by atoms with Crippen LogP contribution in [0.1, 0.15) is 10.4 Å². The van der Waals surface area contributed by atoms with E-state index in [1.54, 1.807) is 24.3 Å². The zero-order chi connectivity index (χ0) is 18.4. The molecule has 0 aromatic heterocycles. The molecule has 0 aliphatic carbocycles. The zero-order valence-corrected chi connectivity index (χ0v) is 14.5. The van der Waals surface area contributed by atoms with E-state index in [0.717, 1.165) is 18.1 Å². The van der Waals surface area contributed by atoms with Crippen LogP contribution in [0.4, 0.5) is 5.69 Å². The summed E-state index contributed by atoms with van der Waals surface area (Å²) in [6.07, 6.45) is 0. The van der Waals surface area contributed by atoms with Crippen LogP contribution in [-0.2, 0) is 14.3 Å². The standard InChI is InChI=1S/C16H12ClNO6S/c1-23-15(19)9-24-16(20)13-8-11(18(21)22)4-7-14(13)25-12-5-2-10(17)3-6-12/h2-8H,9H2,1H3. The molecule has 0 saturated heterocycles. The van der Waals surface area contributed by atoms with E-state index in [0.29, 0.717) is 9.92 Å². The molecule has 2 rings (SSSR count). The molecule has 7 nitrogen and oxygen atoms in total. The number of nitrogens with zero attached hydrogens (tertiary/aromatic N) is 1. The Labute approximate surface area is 152 Å². The molecule has 0 N–H and O–H groups in total. The van der Waals surface area contributed by atoms with Crippen molar-refractivity contribution < 1.29 is 24.0 Å². The quantitative estimate of drug-likeness (QED) is 0.427. The van der Waals surface area contributed by atoms with E-state index < -0.39 is 23.5 Å². The molecule has 0 spiro atoms. The molecule has 0 aliphatic rings. The Morgan fingerprint density at radius 1 is 1.20 bits per heavy atom. The average Bonchev–Trinajstić information content (AvgIpc) is 2.61. The molecule has 0 radical (unpaired) electrons. The van der Waals surface area contributed by atoms with Gasteiger partial charge >= 0.3 is 11.9 Å². The monoisotopic (exact) mass is 381 g/mol. The van der Waals surface area contributed by atoms with Crippen LogP contribution in [-0.4, -0.2) is 30.6 Å². The molecule has 2 aromatic carbocycles. The summed E-state index contributed by atoms with van der Waals surface area (Å²) in [5.74, 6) is -1.59. The lowest BCUT2D eigenvalue weighted by Crippen LogP contribution is -2.15. The fourth-order valence-electron chi connectivity index (χ4n) is 1.77. The summed E-state index contributed by atoms with van der Waals surface area (Å²) in [5, 5.41) is 11.5. The number of nitro benzene ring substituents is 1. The number of ether oxygens (including phenoxy) is 2. The molecule has 0 heterocycles. The van der Waals surface area contributed by atoms with Crippen LogP contribution in [0.5, 0.6) is 0 Å². The number of hydrogen-bond acceptors (Lipinski definition) is 7. The third-order valence-electron chi connectivity index (χ3n) is 2.98. The summed E-state index contributed by atoms with van der Waals surface area (Å²) >= 11 is 7.05. The summed E-state index contributed by atoms with van der Waals surface area (Å²) in [7, 11) is 1.16. The second-order valence-corrected chi connectivity index (χ2v) is 6.20. The van der Waals surface area contributed by atoms with Gasteiger partial charge in [0.05, 0.1) is 17.6 Å². The molecule has 0 unspecified atom stereocenters. The fraction of sp³-hybridized carbons (Fsp3) is 0.125. The number of carbonyl (C=O) groups is 2. The van der Waals surface area contributed by atoms with E-state index >= 15 is 0 Å². The molecule has 0 saturated carbocycles. The van der Waals surface area contributed by atoms with Crippen molar-refractivity contribution in [1.29, 1.82) is 0 Å². The van der Waals surface area contributed by atoms with Crippen LogP contribution in [0.2, 0.25) is 5.02 Å². The van der Waals surface area contributed by atoms with Crippen molar-refractivity contribution in [1.82, 2.24) is 0 Å². The van der Waals surface area contributed by atoms with Crippen molar-refractivity contribution in [2.24, 2.45) is 0 Å². The van der Waals surface area contributed by atoms with E-state index in [2.05, 4.69) is 4.74 Å². The molecule has 0 atom stereocenters. The predicted molar refractivity (Wildman–Crippen MR) is 91.0 cm³/mol. The van der Waals surface area contributed by atoms with Gasteiger partial charge in [-0.25, -0.2) is 9.59 Å². The summed E-state index contributed by atoms with van der Waals surface area (Å²) in [6.45, 7) is -0.580. The van der Waals surface area contributed by atoms with Gasteiger partial charge in [-0.2, -0.15) is 0 Å². The molecular formula is C16H12ClNO6S. The average molecular weight is 382 g/mol. The first-order valence-corrected chi connectivity index (χ1v) is 8.06. The Morgan fingerprint density at radius 2 is 1.88 bits per heavy atom. The zero-order valence-electron chi connectivity index (χ0n) is 12.9. The summed E-state index contributed by atoms with van der Waals surface area (Å²) in [4.78, 5) is 34.9. The fourth-order valence-corrected chi connectivity index (χ4v) is 2.81. The first-order chi connectivity index (χ1) is 11.9. The van der Waals surface area contributed by atoms with E-state index in [-0.39, 0.29) is 11.3 Å². The third kappa shape index (κ3) is 5.20. The molecule has 0 fully saturated rings. The van der Waals surface area contributed by atoms with Crippen LogP contribution in [0.3, 0.4) is 0 Å². The maximum absolute atomic E-state index is 12.2. The smallest absolute Gasteiger partial charge is 0.344 e. The third-order valence-corrected chi connectivity index (χ3v) is 4.32. The highest BCUT2D eigenvalue weighted by atomic mass is 35.5. The van der Waals surface area contributed by atoms with Gasteiger partial charge in [-0.15, -0.1) is 0 Å². The van der Waals surface area contributed by atoms with Gasteiger partial charge < -0.3 is 9.47 Å². The Bertz CT molecular complexity index is 809. The minimum Gasteiger partial charge on any atom is -0.466 e. The van der Waals surface area contributed by atoms with Crippen molar-refractivity contribution in [3.05, 3.63) is 63.2 Å². The molecule has 130 valence electrons. The normalized spacial score (nSPS) is 10.2. The number of carbonyl (C=O) groups excluding carboxylic acids is 2. The molecule has 25 heavy (non-hydrogen) atoms. The minimum absolute atomic E-state index is 0.0157. The number of halogens is 1. The molecule has 0 aliphatic heterocycles. The second kappa shape index (κ2) is 8.50. The van der Waals surface area contributed by atoms with Crippen molar-refractivity contribution in [3.63, 3.8) is 0 Å². The summed E-state index contributed by atoms with van der Waals surface area (Å²) in [5.41, 5.74) is -0.275. The van der Waals surface area contributed by atoms with Gasteiger partial charge in [0.1, 0.15) is 0 Å². The van der Waals surface area contributed by atoms with Gasteiger partial charge in [0.2, 0.25) is 0 Å². The van der Waals surface area contributed by atoms with Crippen molar-refractivity contribution in [2.45, 2.75) is 9.79 Å². The highest BCUT2D eigenvalue weighted by molar-refractivity contribution is 7.99. The largest absolute Gasteiger partial charge is 0.466 e. The number of non-ortho nitro benzene ring substituents is 1. The first-order valence-electron chi connectivity index (χ1n) is 6.86. The van der Waals surface area contributed by atoms with Crippen LogP contribution in [0.15, 0.2) is 52.3 Å². The number of benzene rings is 2. The lowest BCUT2D eigenvalue weighted by atomic mass is 10.2. The maximum atomic E-state index is 12.2. The molecule has 2 aromatic rings. The SMILES string of the molecule is COC(=O)COC(=O)c1cc([N+](=O)[O-])ccc1Sc1ccc(Cl)cc1. The predicted octanol–water partition coefficient (Wildman–Crippen LogP) is 3.73. The lowest BCUT2D eigenvalue weighted by Gasteiger charge is -2.09. The van der Waals surface area contributed by atoms with E-state index in [9.17, 15) is 19.7 Å². The van der Waals surface area contributed by atoms with Gasteiger partial charge in [-0.3, -0.25) is 10.1 Å². The number of nitro groups is 1. The van der Waals surface area contributed by atoms with Gasteiger partial charge in [0.25, 0.3) is 5.69 Å². The van der Waals surface area contributed by atoms with Gasteiger partial charge in [-0.05, 0) is 30.3 Å². The Kier molecular flexibility index (Phi) is 6.37. The van der Waals surface area contributed by atoms with E-state index in [4.69, 9.17) is 16.3 Å². The van der Waals surface area contributed by atoms with Crippen LogP contribution in [0, 0.1) is 10.1 Å². The Hall–Kier alpha value is -2.58. The minimum atomic E-state index is -0.856. The molecule has 9 heteroatoms. The van der Waals surface area contributed by atoms with Crippen molar-refractivity contribution in [2.75, 3.05) is 13.7 Å². The maximum Gasteiger partial charge on any atom is 0.344 e. The molecule has 0 amide bonds. The molecular weight excluding hydrogens is 370 g/mol. The van der Waals surface area contributed by atoms with Gasteiger partial charge in [0, 0.05) is 26.9 Å². The topological polar surface area (TPSA) is 95.7 Å². The lowest BCUT2D eigenvalue weighted by molar-refractivity contribution is -0.384. The van der Waals surface area contributed by atoms with E-state index in [1.165, 1.54) is 23.9 Å². The highest BCUT2D eigenvalue weighted by Crippen LogP contribution is 2.33. The number of hydrogen-bond donors (Lipinski definition) is 0. The number of esters is 2. The van der Waals surface area contributed by atoms with E-state index in [1.807, 2.05) is 0 Å². The van der Waals surface area contributed by atoms with Crippen LogP contribution in [0.25, 0.3) is 0 Å². The Balaban J connectivity index is 2.31. The van der Waals surface area contributed by atoms with Crippen LogP contribution < -0.4 is 0 Å². The first kappa shape index (κ1) is 18.8. The second-order valence-electron chi connectivity index (χ2n) is 4.65. The molecule has 0 bridgehead atoms. The van der Waals surface area contributed by atoms with Gasteiger partial charge in [-0.1, -0.05) is 23.4 Å². The van der Waals surface area contributed by atoms with Gasteiger partial charge in [0.15, 0.2) is 6.61 Å². The van der Waals surface area contributed by atoms with Crippen molar-refractivity contribution >= 4 is 41.0 Å².